The lowest BCUT2D eigenvalue weighted by molar-refractivity contribution is -0.125. The van der Waals surface area contributed by atoms with E-state index in [0.29, 0.717) is 22.7 Å². The molecule has 2 heterocycles. The highest BCUT2D eigenvalue weighted by Gasteiger charge is 2.49. The van der Waals surface area contributed by atoms with Crippen molar-refractivity contribution in [1.29, 1.82) is 0 Å². The monoisotopic (exact) mass is 423 g/mol. The number of carbonyl (C=O) groups excluding carboxylic acids is 2. The highest BCUT2D eigenvalue weighted by molar-refractivity contribution is 6.31. The Bertz CT molecular complexity index is 1150. The first kappa shape index (κ1) is 19.0. The fourth-order valence-electron chi connectivity index (χ4n) is 4.68. The molecular formula is C23H19ClFN3O2. The van der Waals surface area contributed by atoms with Gasteiger partial charge in [-0.25, -0.2) is 14.1 Å². The van der Waals surface area contributed by atoms with Gasteiger partial charge < -0.3 is 5.32 Å². The molecule has 2 aromatic carbocycles. The molecule has 2 fully saturated rings. The largest absolute Gasteiger partial charge is 0.334 e. The van der Waals surface area contributed by atoms with Gasteiger partial charge in [-0.1, -0.05) is 54.1 Å². The van der Waals surface area contributed by atoms with Crippen LogP contribution in [0, 0.1) is 5.92 Å². The second-order valence-electron chi connectivity index (χ2n) is 7.83. The molecule has 0 radical (unpaired) electrons. The summed E-state index contributed by atoms with van der Waals surface area (Å²) in [6.45, 7) is 0. The third kappa shape index (κ3) is 3.03. The quantitative estimate of drug-likeness (QED) is 0.641. The lowest BCUT2D eigenvalue weighted by atomic mass is 9.73. The van der Waals surface area contributed by atoms with Gasteiger partial charge in [0.05, 0.1) is 17.8 Å². The molecule has 1 saturated heterocycles. The van der Waals surface area contributed by atoms with Crippen molar-refractivity contribution in [3.8, 4) is 0 Å². The molecule has 5 rings (SSSR count). The Labute approximate surface area is 177 Å². The Kier molecular flexibility index (Phi) is 4.66. The van der Waals surface area contributed by atoms with E-state index in [1.807, 2.05) is 30.3 Å². The predicted octanol–water partition coefficient (Wildman–Crippen LogP) is 4.84. The summed E-state index contributed by atoms with van der Waals surface area (Å²) in [6.07, 6.45) is 2.32. The van der Waals surface area contributed by atoms with E-state index in [4.69, 9.17) is 11.6 Å². The number of carbonyl (C=O) groups is 2. The van der Waals surface area contributed by atoms with Crippen molar-refractivity contribution in [2.24, 2.45) is 5.92 Å². The zero-order valence-electron chi connectivity index (χ0n) is 16.0. The van der Waals surface area contributed by atoms with Crippen LogP contribution in [0.2, 0.25) is 5.02 Å². The van der Waals surface area contributed by atoms with Crippen molar-refractivity contribution in [2.45, 2.75) is 31.0 Å². The summed E-state index contributed by atoms with van der Waals surface area (Å²) >= 11 is 6.28. The molecular weight excluding hydrogens is 405 g/mol. The molecule has 0 bridgehead atoms. The molecule has 30 heavy (non-hydrogen) atoms. The van der Waals surface area contributed by atoms with Crippen LogP contribution in [0.3, 0.4) is 0 Å². The van der Waals surface area contributed by atoms with E-state index in [1.165, 1.54) is 6.20 Å². The van der Waals surface area contributed by atoms with Crippen LogP contribution in [-0.2, 0) is 4.79 Å². The van der Waals surface area contributed by atoms with Gasteiger partial charge in [0.2, 0.25) is 5.91 Å². The zero-order chi connectivity index (χ0) is 20.8. The molecule has 1 aliphatic carbocycles. The van der Waals surface area contributed by atoms with Gasteiger partial charge in [-0.05, 0) is 24.5 Å². The molecule has 5 nitrogen and oxygen atoms in total. The average Bonchev–Trinajstić information content (AvgIpc) is 2.75. The number of halogens is 2. The number of hydrogen-bond acceptors (Lipinski definition) is 3. The standard InChI is InChI=1S/C23H19ClFN3O2/c24-18-8-4-3-7-15(18)16-10-20-17(9-19(16)25)22(29)28(23(30)27-20)21-12-26-11-13-5-1-2-6-14(13)21/h1-8,11-12,16-17,19-20H,9-10H2,(H,27,30). The van der Waals surface area contributed by atoms with Crippen molar-refractivity contribution in [3.63, 3.8) is 0 Å². The molecule has 3 aromatic rings. The lowest BCUT2D eigenvalue weighted by Crippen LogP contribution is -2.62. The summed E-state index contributed by atoms with van der Waals surface area (Å²) in [5.74, 6) is -1.48. The van der Waals surface area contributed by atoms with Gasteiger partial charge in [0.1, 0.15) is 6.17 Å². The molecule has 1 aliphatic heterocycles. The van der Waals surface area contributed by atoms with E-state index < -0.39 is 30.1 Å². The van der Waals surface area contributed by atoms with Crippen LogP contribution in [0.25, 0.3) is 10.8 Å². The number of imide groups is 1. The minimum absolute atomic E-state index is 0.0361. The maximum Gasteiger partial charge on any atom is 0.329 e. The van der Waals surface area contributed by atoms with Gasteiger partial charge >= 0.3 is 6.03 Å². The van der Waals surface area contributed by atoms with Crippen LogP contribution in [0.4, 0.5) is 14.9 Å². The molecule has 3 amide bonds. The number of urea groups is 1. The summed E-state index contributed by atoms with van der Waals surface area (Å²) in [4.78, 5) is 31.5. The minimum Gasteiger partial charge on any atom is -0.334 e. The lowest BCUT2D eigenvalue weighted by Gasteiger charge is -2.43. The second-order valence-corrected chi connectivity index (χ2v) is 8.24. The fourth-order valence-corrected chi connectivity index (χ4v) is 4.96. The van der Waals surface area contributed by atoms with Crippen molar-refractivity contribution in [2.75, 3.05) is 4.90 Å². The van der Waals surface area contributed by atoms with Crippen LogP contribution in [0.5, 0.6) is 0 Å². The first-order valence-electron chi connectivity index (χ1n) is 9.90. The summed E-state index contributed by atoms with van der Waals surface area (Å²) < 4.78 is 15.2. The minimum atomic E-state index is -1.22. The maximum atomic E-state index is 15.2. The van der Waals surface area contributed by atoms with E-state index in [0.717, 1.165) is 15.7 Å². The van der Waals surface area contributed by atoms with Gasteiger partial charge in [-0.3, -0.25) is 9.78 Å². The molecule has 1 N–H and O–H groups in total. The highest BCUT2D eigenvalue weighted by Crippen LogP contribution is 2.43. The first-order chi connectivity index (χ1) is 14.5. The van der Waals surface area contributed by atoms with Gasteiger partial charge in [-0.2, -0.15) is 0 Å². The highest BCUT2D eigenvalue weighted by atomic mass is 35.5. The van der Waals surface area contributed by atoms with Gasteiger partial charge in [-0.15, -0.1) is 0 Å². The van der Waals surface area contributed by atoms with E-state index in [-0.39, 0.29) is 12.3 Å². The molecule has 4 unspecified atom stereocenters. The van der Waals surface area contributed by atoms with Crippen molar-refractivity contribution in [1.82, 2.24) is 10.3 Å². The smallest absolute Gasteiger partial charge is 0.329 e. The number of anilines is 1. The van der Waals surface area contributed by atoms with Crippen LogP contribution < -0.4 is 10.2 Å². The number of nitrogens with zero attached hydrogens (tertiary/aromatic N) is 2. The molecule has 2 aliphatic rings. The zero-order valence-corrected chi connectivity index (χ0v) is 16.7. The van der Waals surface area contributed by atoms with Crippen molar-refractivity contribution < 1.29 is 14.0 Å². The Morgan fingerprint density at radius 3 is 2.60 bits per heavy atom. The number of fused-ring (bicyclic) bond motifs is 2. The summed E-state index contributed by atoms with van der Waals surface area (Å²) in [5, 5.41) is 5.00. The number of pyridine rings is 1. The normalized spacial score (nSPS) is 26.4. The number of hydrogen-bond donors (Lipinski definition) is 1. The fraction of sp³-hybridized carbons (Fsp3) is 0.261. The number of rotatable bonds is 2. The number of aromatic nitrogens is 1. The molecule has 1 aromatic heterocycles. The summed E-state index contributed by atoms with van der Waals surface area (Å²) in [6, 6.07) is 13.6. The molecule has 152 valence electrons. The topological polar surface area (TPSA) is 62.3 Å². The molecule has 4 atom stereocenters. The van der Waals surface area contributed by atoms with E-state index in [2.05, 4.69) is 10.3 Å². The Balaban J connectivity index is 1.47. The van der Waals surface area contributed by atoms with E-state index in [1.54, 1.807) is 24.4 Å². The number of amides is 3. The SMILES string of the molecule is O=C1NC2CC(c3ccccc3Cl)C(F)CC2C(=O)N1c1cncc2ccccc12. The van der Waals surface area contributed by atoms with Crippen molar-refractivity contribution >= 4 is 40.0 Å². The molecule has 0 spiro atoms. The number of nitrogens with one attached hydrogen (secondary N) is 1. The van der Waals surface area contributed by atoms with Gasteiger partial charge in [0.15, 0.2) is 0 Å². The molecule has 1 saturated carbocycles. The van der Waals surface area contributed by atoms with E-state index in [9.17, 15) is 9.59 Å². The van der Waals surface area contributed by atoms with Gasteiger partial charge in [0.25, 0.3) is 0 Å². The van der Waals surface area contributed by atoms with Crippen molar-refractivity contribution in [3.05, 3.63) is 71.5 Å². The van der Waals surface area contributed by atoms with Gasteiger partial charge in [0, 0.05) is 34.0 Å². The number of benzene rings is 2. The van der Waals surface area contributed by atoms with Crippen LogP contribution >= 0.6 is 11.6 Å². The Morgan fingerprint density at radius 1 is 1.00 bits per heavy atom. The average molecular weight is 424 g/mol. The van der Waals surface area contributed by atoms with E-state index >= 15 is 4.39 Å². The summed E-state index contributed by atoms with van der Waals surface area (Å²) in [5.41, 5.74) is 1.13. The third-order valence-electron chi connectivity index (χ3n) is 6.15. The first-order valence-corrected chi connectivity index (χ1v) is 10.3. The van der Waals surface area contributed by atoms with Crippen LogP contribution in [0.15, 0.2) is 60.9 Å². The Hall–Kier alpha value is -2.99. The predicted molar refractivity (Wildman–Crippen MR) is 113 cm³/mol. The number of alkyl halides is 1. The Morgan fingerprint density at radius 2 is 1.77 bits per heavy atom. The molecule has 7 heteroatoms. The summed E-state index contributed by atoms with van der Waals surface area (Å²) in [7, 11) is 0. The third-order valence-corrected chi connectivity index (χ3v) is 6.50. The van der Waals surface area contributed by atoms with Crippen LogP contribution in [0.1, 0.15) is 24.3 Å². The maximum absolute atomic E-state index is 15.2. The van der Waals surface area contributed by atoms with Crippen LogP contribution in [-0.4, -0.2) is 29.1 Å². The second kappa shape index (κ2) is 7.36.